The van der Waals surface area contributed by atoms with E-state index >= 15 is 0 Å². The highest BCUT2D eigenvalue weighted by molar-refractivity contribution is 5.89. The van der Waals surface area contributed by atoms with Gasteiger partial charge in [0.2, 0.25) is 0 Å². The Morgan fingerprint density at radius 1 is 1.06 bits per heavy atom. The zero-order valence-electron chi connectivity index (χ0n) is 17.8. The van der Waals surface area contributed by atoms with Crippen LogP contribution in [0.15, 0.2) is 54.7 Å². The van der Waals surface area contributed by atoms with Crippen LogP contribution in [0.4, 0.5) is 28.0 Å². The Labute approximate surface area is 188 Å². The van der Waals surface area contributed by atoms with E-state index in [-0.39, 0.29) is 23.0 Å². The number of nitrogens with zero attached hydrogens (tertiary/aromatic N) is 2. The van der Waals surface area contributed by atoms with Crippen LogP contribution in [-0.2, 0) is 6.18 Å². The molecular weight excluding hydrogens is 434 g/mol. The van der Waals surface area contributed by atoms with Crippen LogP contribution in [0.3, 0.4) is 0 Å². The predicted octanol–water partition coefficient (Wildman–Crippen LogP) is 6.58. The number of benzene rings is 2. The van der Waals surface area contributed by atoms with Crippen LogP contribution in [0.2, 0.25) is 0 Å². The fraction of sp³-hybridized carbons (Fsp3) is 0.360. The first-order valence-electron chi connectivity index (χ1n) is 11.0. The van der Waals surface area contributed by atoms with Gasteiger partial charge in [-0.05, 0) is 85.0 Å². The standard InChI is InChI=1S/C25H23F4N3O/c26-18-4-5-22-21(13-18)20(6-9-30-22)16-14-24(15-16)7-10-32(11-8-24)23(33)31-19-3-1-2-17(12-19)25(27,28)29/h1-6,9,12-13,16H,7-8,10-11,14-15H2,(H,31,33). The van der Waals surface area contributed by atoms with Crippen molar-refractivity contribution in [3.05, 3.63) is 71.7 Å². The molecule has 1 spiro atoms. The van der Waals surface area contributed by atoms with Gasteiger partial charge in [0.05, 0.1) is 11.1 Å². The van der Waals surface area contributed by atoms with Crippen molar-refractivity contribution < 1.29 is 22.4 Å². The van der Waals surface area contributed by atoms with Gasteiger partial charge in [-0.25, -0.2) is 9.18 Å². The number of hydrogen-bond acceptors (Lipinski definition) is 2. The van der Waals surface area contributed by atoms with E-state index in [0.717, 1.165) is 54.3 Å². The molecule has 2 heterocycles. The number of halogens is 4. The van der Waals surface area contributed by atoms with Gasteiger partial charge in [0.1, 0.15) is 5.82 Å². The normalized spacial score (nSPS) is 18.4. The largest absolute Gasteiger partial charge is 0.416 e. The maximum atomic E-state index is 13.8. The highest BCUT2D eigenvalue weighted by Gasteiger charge is 2.47. The summed E-state index contributed by atoms with van der Waals surface area (Å²) in [5, 5.41) is 3.45. The van der Waals surface area contributed by atoms with Gasteiger partial charge in [0.15, 0.2) is 0 Å². The number of alkyl halides is 3. The van der Waals surface area contributed by atoms with Crippen LogP contribution in [0, 0.1) is 11.2 Å². The van der Waals surface area contributed by atoms with Crippen molar-refractivity contribution in [2.75, 3.05) is 18.4 Å². The SMILES string of the molecule is O=C(Nc1cccc(C(F)(F)F)c1)N1CCC2(CC1)CC(c1ccnc3ccc(F)cc13)C2. The fourth-order valence-corrected chi connectivity index (χ4v) is 5.27. The second kappa shape index (κ2) is 8.01. The molecule has 172 valence electrons. The Bertz CT molecular complexity index is 1190. The number of urea groups is 1. The Morgan fingerprint density at radius 3 is 2.55 bits per heavy atom. The number of amides is 2. The summed E-state index contributed by atoms with van der Waals surface area (Å²) in [6, 6.07) is 10.9. The lowest BCUT2D eigenvalue weighted by Crippen LogP contribution is -2.49. The Morgan fingerprint density at radius 2 is 1.82 bits per heavy atom. The third-order valence-corrected chi connectivity index (χ3v) is 7.09. The number of fused-ring (bicyclic) bond motifs is 1. The van der Waals surface area contributed by atoms with Crippen LogP contribution in [0.25, 0.3) is 10.9 Å². The molecule has 1 aromatic heterocycles. The van der Waals surface area contributed by atoms with Crippen molar-refractivity contribution in [1.82, 2.24) is 9.88 Å². The second-order valence-corrected chi connectivity index (χ2v) is 9.16. The van der Waals surface area contributed by atoms with Gasteiger partial charge in [-0.2, -0.15) is 13.2 Å². The number of nitrogens with one attached hydrogen (secondary N) is 1. The van der Waals surface area contributed by atoms with Crippen molar-refractivity contribution in [2.45, 2.75) is 37.8 Å². The van der Waals surface area contributed by atoms with E-state index in [0.29, 0.717) is 19.0 Å². The molecule has 33 heavy (non-hydrogen) atoms. The van der Waals surface area contributed by atoms with Crippen molar-refractivity contribution in [3.8, 4) is 0 Å². The highest BCUT2D eigenvalue weighted by Crippen LogP contribution is 2.57. The number of anilines is 1. The summed E-state index contributed by atoms with van der Waals surface area (Å²) in [4.78, 5) is 18.6. The third kappa shape index (κ3) is 4.26. The van der Waals surface area contributed by atoms with E-state index in [4.69, 9.17) is 0 Å². The molecule has 2 fully saturated rings. The van der Waals surface area contributed by atoms with Gasteiger partial charge in [-0.15, -0.1) is 0 Å². The van der Waals surface area contributed by atoms with E-state index in [1.165, 1.54) is 18.2 Å². The summed E-state index contributed by atoms with van der Waals surface area (Å²) in [6.45, 7) is 1.12. The van der Waals surface area contributed by atoms with E-state index < -0.39 is 11.7 Å². The average molecular weight is 457 g/mol. The Hall–Kier alpha value is -3.16. The molecule has 2 aromatic carbocycles. The number of aromatic nitrogens is 1. The van der Waals surface area contributed by atoms with Crippen molar-refractivity contribution in [2.24, 2.45) is 5.41 Å². The van der Waals surface area contributed by atoms with Crippen molar-refractivity contribution in [1.29, 1.82) is 0 Å². The first-order chi connectivity index (χ1) is 15.7. The monoisotopic (exact) mass is 457 g/mol. The molecule has 0 unspecified atom stereocenters. The minimum absolute atomic E-state index is 0.135. The molecule has 1 aliphatic carbocycles. The summed E-state index contributed by atoms with van der Waals surface area (Å²) in [5.74, 6) is 0.0636. The summed E-state index contributed by atoms with van der Waals surface area (Å²) < 4.78 is 52.5. The van der Waals surface area contributed by atoms with Gasteiger partial charge in [-0.3, -0.25) is 4.98 Å². The van der Waals surface area contributed by atoms with Gasteiger partial charge in [0, 0.05) is 30.4 Å². The van der Waals surface area contributed by atoms with Crippen LogP contribution in [0.5, 0.6) is 0 Å². The quantitative estimate of drug-likeness (QED) is 0.442. The predicted molar refractivity (Wildman–Crippen MR) is 117 cm³/mol. The molecule has 1 saturated carbocycles. The van der Waals surface area contributed by atoms with E-state index in [2.05, 4.69) is 10.3 Å². The zero-order valence-corrected chi connectivity index (χ0v) is 17.8. The summed E-state index contributed by atoms with van der Waals surface area (Å²) in [5.41, 5.74) is 1.41. The van der Waals surface area contributed by atoms with E-state index in [9.17, 15) is 22.4 Å². The number of carbonyl (C=O) groups is 1. The Kier molecular flexibility index (Phi) is 5.26. The number of pyridine rings is 1. The first kappa shape index (κ1) is 21.7. The molecule has 8 heteroatoms. The average Bonchev–Trinajstić information content (AvgIpc) is 2.77. The van der Waals surface area contributed by atoms with Gasteiger partial charge < -0.3 is 10.2 Å². The van der Waals surface area contributed by atoms with Crippen LogP contribution in [-0.4, -0.2) is 29.0 Å². The molecule has 0 bridgehead atoms. The minimum Gasteiger partial charge on any atom is -0.324 e. The number of likely N-dealkylation sites (tertiary alicyclic amines) is 1. The van der Waals surface area contributed by atoms with Crippen LogP contribution < -0.4 is 5.32 Å². The van der Waals surface area contributed by atoms with Gasteiger partial charge in [0.25, 0.3) is 0 Å². The van der Waals surface area contributed by atoms with Crippen molar-refractivity contribution >= 4 is 22.6 Å². The third-order valence-electron chi connectivity index (χ3n) is 7.09. The van der Waals surface area contributed by atoms with Crippen LogP contribution >= 0.6 is 0 Å². The number of carbonyl (C=O) groups excluding carboxylic acids is 1. The molecule has 2 aliphatic rings. The summed E-state index contributed by atoms with van der Waals surface area (Å²) in [7, 11) is 0. The minimum atomic E-state index is -4.45. The van der Waals surface area contributed by atoms with Gasteiger partial charge in [-0.1, -0.05) is 6.07 Å². The van der Waals surface area contributed by atoms with E-state index in [1.54, 1.807) is 23.2 Å². The van der Waals surface area contributed by atoms with E-state index in [1.807, 2.05) is 6.07 Å². The molecule has 2 amide bonds. The molecule has 1 saturated heterocycles. The Balaban J connectivity index is 1.20. The number of rotatable bonds is 2. The molecule has 0 radical (unpaired) electrons. The second-order valence-electron chi connectivity index (χ2n) is 9.16. The number of piperidine rings is 1. The molecule has 1 aliphatic heterocycles. The lowest BCUT2D eigenvalue weighted by molar-refractivity contribution is -0.137. The molecule has 0 atom stereocenters. The van der Waals surface area contributed by atoms with Crippen LogP contribution in [0.1, 0.15) is 42.7 Å². The smallest absolute Gasteiger partial charge is 0.324 e. The molecule has 5 rings (SSSR count). The summed E-state index contributed by atoms with van der Waals surface area (Å²) in [6.07, 6.45) is 0.956. The fourth-order valence-electron chi connectivity index (χ4n) is 5.27. The van der Waals surface area contributed by atoms with Crippen molar-refractivity contribution in [3.63, 3.8) is 0 Å². The summed E-state index contributed by atoms with van der Waals surface area (Å²) >= 11 is 0. The zero-order chi connectivity index (χ0) is 23.2. The molecular formula is C25H23F4N3O. The lowest BCUT2D eigenvalue weighted by atomic mass is 9.56. The number of hydrogen-bond donors (Lipinski definition) is 1. The molecule has 4 nitrogen and oxygen atoms in total. The molecule has 1 N–H and O–H groups in total. The first-order valence-corrected chi connectivity index (χ1v) is 11.0. The highest BCUT2D eigenvalue weighted by atomic mass is 19.4. The lowest BCUT2D eigenvalue weighted by Gasteiger charge is -2.52. The topological polar surface area (TPSA) is 45.2 Å². The molecule has 3 aromatic rings. The maximum Gasteiger partial charge on any atom is 0.416 e. The van der Waals surface area contributed by atoms with Gasteiger partial charge >= 0.3 is 12.2 Å². The maximum absolute atomic E-state index is 13.8.